The first-order valence-electron chi connectivity index (χ1n) is 6.67. The third-order valence-electron chi connectivity index (χ3n) is 3.36. The van der Waals surface area contributed by atoms with Crippen molar-refractivity contribution in [3.63, 3.8) is 0 Å². The van der Waals surface area contributed by atoms with Gasteiger partial charge in [-0.3, -0.25) is 4.21 Å². The highest BCUT2D eigenvalue weighted by Crippen LogP contribution is 2.18. The summed E-state index contributed by atoms with van der Waals surface area (Å²) in [6.07, 6.45) is 1.67. The van der Waals surface area contributed by atoms with Crippen molar-refractivity contribution < 1.29 is 8.95 Å². The largest absolute Gasteiger partial charge is 0.378 e. The van der Waals surface area contributed by atoms with Crippen molar-refractivity contribution in [2.75, 3.05) is 32.6 Å². The molecule has 1 aromatic rings. The van der Waals surface area contributed by atoms with Crippen molar-refractivity contribution in [2.24, 2.45) is 10.7 Å². The molecule has 1 fully saturated rings. The molecule has 0 aliphatic carbocycles. The van der Waals surface area contributed by atoms with Gasteiger partial charge in [0.2, 0.25) is 0 Å². The number of ether oxygens (including phenoxy) is 1. The molecular formula is C14H22IN3O2S. The number of aliphatic imine (C=N–C) groups is 1. The number of benzene rings is 1. The van der Waals surface area contributed by atoms with Gasteiger partial charge in [-0.1, -0.05) is 12.1 Å². The van der Waals surface area contributed by atoms with Gasteiger partial charge >= 0.3 is 0 Å². The number of guanidine groups is 1. The molecule has 2 unspecified atom stereocenters. The van der Waals surface area contributed by atoms with Gasteiger partial charge < -0.3 is 15.4 Å². The van der Waals surface area contributed by atoms with Crippen LogP contribution in [0.2, 0.25) is 0 Å². The maximum Gasteiger partial charge on any atom is 0.192 e. The first kappa shape index (κ1) is 18.4. The molecule has 1 heterocycles. The molecule has 0 radical (unpaired) electrons. The van der Waals surface area contributed by atoms with Crippen LogP contribution in [-0.2, 0) is 15.5 Å². The van der Waals surface area contributed by atoms with E-state index in [1.54, 1.807) is 6.26 Å². The zero-order valence-corrected chi connectivity index (χ0v) is 15.5. The fraction of sp³-hybridized carbons (Fsp3) is 0.500. The van der Waals surface area contributed by atoms with Crippen LogP contribution >= 0.6 is 24.0 Å². The fourth-order valence-electron chi connectivity index (χ4n) is 2.09. The van der Waals surface area contributed by atoms with Gasteiger partial charge in [0.1, 0.15) is 0 Å². The van der Waals surface area contributed by atoms with Crippen molar-refractivity contribution in [1.82, 2.24) is 4.90 Å². The summed E-state index contributed by atoms with van der Waals surface area (Å²) in [7, 11) is -0.948. The Balaban J connectivity index is 0.00000220. The molecule has 1 aliphatic rings. The summed E-state index contributed by atoms with van der Waals surface area (Å²) < 4.78 is 16.6. The van der Waals surface area contributed by atoms with Gasteiger partial charge in [-0.2, -0.15) is 0 Å². The Morgan fingerprint density at radius 2 is 1.90 bits per heavy atom. The predicted octanol–water partition coefficient (Wildman–Crippen LogP) is 1.75. The van der Waals surface area contributed by atoms with Crippen LogP contribution in [0.1, 0.15) is 18.5 Å². The first-order valence-corrected chi connectivity index (χ1v) is 8.23. The van der Waals surface area contributed by atoms with Crippen LogP contribution < -0.4 is 5.73 Å². The minimum atomic E-state index is -0.948. The summed E-state index contributed by atoms with van der Waals surface area (Å²) >= 11 is 0. The van der Waals surface area contributed by atoms with E-state index in [0.717, 1.165) is 23.5 Å². The van der Waals surface area contributed by atoms with Crippen molar-refractivity contribution in [3.8, 4) is 0 Å². The van der Waals surface area contributed by atoms with Gasteiger partial charge in [-0.25, -0.2) is 4.99 Å². The standard InChI is InChI=1S/C14H21N3O2S.HI/c1-11(12-3-5-13(6-4-12)20(2)18)16-14(15)17-7-9-19-10-8-17;/h3-6,11H,7-10H2,1-2H3,(H2,15,16);1H. The molecule has 21 heavy (non-hydrogen) atoms. The average Bonchev–Trinajstić information content (AvgIpc) is 2.48. The van der Waals surface area contributed by atoms with Crippen molar-refractivity contribution >= 4 is 40.7 Å². The van der Waals surface area contributed by atoms with E-state index in [1.165, 1.54) is 0 Å². The van der Waals surface area contributed by atoms with Gasteiger partial charge in [0.25, 0.3) is 0 Å². The Morgan fingerprint density at radius 3 is 2.43 bits per heavy atom. The molecule has 2 atom stereocenters. The molecule has 0 bridgehead atoms. The molecule has 0 spiro atoms. The highest BCUT2D eigenvalue weighted by Gasteiger charge is 2.14. The zero-order chi connectivity index (χ0) is 14.5. The lowest BCUT2D eigenvalue weighted by atomic mass is 10.1. The normalized spacial score (nSPS) is 18.8. The Labute approximate surface area is 145 Å². The molecule has 118 valence electrons. The van der Waals surface area contributed by atoms with E-state index in [0.29, 0.717) is 19.2 Å². The topological polar surface area (TPSA) is 67.9 Å². The molecule has 2 N–H and O–H groups in total. The third-order valence-corrected chi connectivity index (χ3v) is 4.29. The monoisotopic (exact) mass is 423 g/mol. The Hall–Kier alpha value is -0.670. The van der Waals surface area contributed by atoms with Crippen LogP contribution in [0.3, 0.4) is 0 Å². The van der Waals surface area contributed by atoms with Crippen LogP contribution in [0.5, 0.6) is 0 Å². The summed E-state index contributed by atoms with van der Waals surface area (Å²) in [5.41, 5.74) is 7.10. The van der Waals surface area contributed by atoms with Crippen molar-refractivity contribution in [2.45, 2.75) is 17.9 Å². The second-order valence-electron chi connectivity index (χ2n) is 4.79. The van der Waals surface area contributed by atoms with E-state index in [-0.39, 0.29) is 30.0 Å². The molecule has 7 heteroatoms. The smallest absolute Gasteiger partial charge is 0.192 e. The Morgan fingerprint density at radius 1 is 1.33 bits per heavy atom. The maximum absolute atomic E-state index is 11.4. The van der Waals surface area contributed by atoms with E-state index in [2.05, 4.69) is 4.99 Å². The minimum Gasteiger partial charge on any atom is -0.378 e. The lowest BCUT2D eigenvalue weighted by Crippen LogP contribution is -2.44. The molecular weight excluding hydrogens is 401 g/mol. The quantitative estimate of drug-likeness (QED) is 0.457. The second-order valence-corrected chi connectivity index (χ2v) is 6.17. The number of halogens is 1. The minimum absolute atomic E-state index is 0. The summed E-state index contributed by atoms with van der Waals surface area (Å²) in [6, 6.07) is 7.65. The lowest BCUT2D eigenvalue weighted by molar-refractivity contribution is 0.0673. The van der Waals surface area contributed by atoms with Gasteiger partial charge in [-0.05, 0) is 24.6 Å². The number of rotatable bonds is 3. The molecule has 0 amide bonds. The third kappa shape index (κ3) is 5.23. The molecule has 0 saturated carbocycles. The lowest BCUT2D eigenvalue weighted by Gasteiger charge is -2.28. The number of nitrogens with two attached hydrogens (primary N) is 1. The van der Waals surface area contributed by atoms with Crippen LogP contribution in [0.15, 0.2) is 34.2 Å². The van der Waals surface area contributed by atoms with E-state index >= 15 is 0 Å². The number of hydrogen-bond donors (Lipinski definition) is 1. The van der Waals surface area contributed by atoms with Crippen molar-refractivity contribution in [1.29, 1.82) is 0 Å². The molecule has 5 nitrogen and oxygen atoms in total. The summed E-state index contributed by atoms with van der Waals surface area (Å²) in [4.78, 5) is 7.40. The summed E-state index contributed by atoms with van der Waals surface area (Å²) in [5, 5.41) is 0. The average molecular weight is 423 g/mol. The first-order chi connectivity index (χ1) is 9.58. The number of hydrogen-bond acceptors (Lipinski definition) is 3. The molecule has 1 aromatic carbocycles. The van der Waals surface area contributed by atoms with Gasteiger partial charge in [0, 0.05) is 35.0 Å². The Kier molecular flexibility index (Phi) is 7.61. The van der Waals surface area contributed by atoms with Crippen LogP contribution in [0, 0.1) is 0 Å². The molecule has 2 rings (SSSR count). The summed E-state index contributed by atoms with van der Waals surface area (Å²) in [6.45, 7) is 4.97. The van der Waals surface area contributed by atoms with Gasteiger partial charge in [-0.15, -0.1) is 24.0 Å². The number of nitrogens with zero attached hydrogens (tertiary/aromatic N) is 2. The van der Waals surface area contributed by atoms with Crippen LogP contribution in [0.4, 0.5) is 0 Å². The fourth-order valence-corrected chi connectivity index (χ4v) is 2.60. The van der Waals surface area contributed by atoms with Crippen molar-refractivity contribution in [3.05, 3.63) is 29.8 Å². The predicted molar refractivity (Wildman–Crippen MR) is 96.6 cm³/mol. The van der Waals surface area contributed by atoms with Crippen LogP contribution in [-0.4, -0.2) is 47.6 Å². The molecule has 1 saturated heterocycles. The van der Waals surface area contributed by atoms with E-state index in [4.69, 9.17) is 10.5 Å². The molecule has 1 aliphatic heterocycles. The number of morpholine rings is 1. The zero-order valence-electron chi connectivity index (χ0n) is 12.3. The second kappa shape index (κ2) is 8.70. The summed E-state index contributed by atoms with van der Waals surface area (Å²) in [5.74, 6) is 0.559. The molecule has 0 aromatic heterocycles. The maximum atomic E-state index is 11.4. The van der Waals surface area contributed by atoms with E-state index < -0.39 is 10.8 Å². The highest BCUT2D eigenvalue weighted by atomic mass is 127. The van der Waals surface area contributed by atoms with E-state index in [1.807, 2.05) is 36.1 Å². The highest BCUT2D eigenvalue weighted by molar-refractivity contribution is 14.0. The van der Waals surface area contributed by atoms with Gasteiger partial charge in [0.05, 0.1) is 19.3 Å². The SMILES string of the molecule is CC(N=C(N)N1CCOCC1)c1ccc(S(C)=O)cc1.I. The van der Waals surface area contributed by atoms with E-state index in [9.17, 15) is 4.21 Å². The Bertz CT molecular complexity index is 501. The van der Waals surface area contributed by atoms with Crippen LogP contribution in [0.25, 0.3) is 0 Å². The van der Waals surface area contributed by atoms with Gasteiger partial charge in [0.15, 0.2) is 5.96 Å².